The lowest BCUT2D eigenvalue weighted by atomic mass is 10.1. The summed E-state index contributed by atoms with van der Waals surface area (Å²) in [7, 11) is 0. The third-order valence-electron chi connectivity index (χ3n) is 3.96. The highest BCUT2D eigenvalue weighted by molar-refractivity contribution is 5.94. The van der Waals surface area contributed by atoms with Gasteiger partial charge in [0.25, 0.3) is 5.91 Å². The Morgan fingerprint density at radius 2 is 1.88 bits per heavy atom. The first-order valence-electron chi connectivity index (χ1n) is 8.19. The molecule has 6 nitrogen and oxygen atoms in total. The van der Waals surface area contributed by atoms with E-state index in [4.69, 9.17) is 0 Å². The molecule has 1 unspecified atom stereocenters. The van der Waals surface area contributed by atoms with E-state index < -0.39 is 6.04 Å². The zero-order valence-corrected chi connectivity index (χ0v) is 13.9. The van der Waals surface area contributed by atoms with E-state index in [0.717, 1.165) is 23.4 Å². The van der Waals surface area contributed by atoms with E-state index in [-0.39, 0.29) is 12.5 Å². The Morgan fingerprint density at radius 3 is 2.48 bits per heavy atom. The molecule has 0 bridgehead atoms. The molecule has 6 heteroatoms. The summed E-state index contributed by atoms with van der Waals surface area (Å²) in [5.41, 5.74) is 2.22. The van der Waals surface area contributed by atoms with Gasteiger partial charge in [-0.25, -0.2) is 4.98 Å². The Hall–Kier alpha value is -2.99. The lowest BCUT2D eigenvalue weighted by Crippen LogP contribution is -2.30. The summed E-state index contributed by atoms with van der Waals surface area (Å²) in [6, 6.07) is 16.0. The van der Waals surface area contributed by atoms with Gasteiger partial charge in [-0.1, -0.05) is 49.4 Å². The summed E-state index contributed by atoms with van der Waals surface area (Å²) in [6.07, 6.45) is 0.787. The molecule has 3 N–H and O–H groups in total. The lowest BCUT2D eigenvalue weighted by molar-refractivity contribution is 0.0916. The van der Waals surface area contributed by atoms with E-state index >= 15 is 0 Å². The van der Waals surface area contributed by atoms with Crippen LogP contribution in [0.3, 0.4) is 0 Å². The van der Waals surface area contributed by atoms with E-state index in [2.05, 4.69) is 20.5 Å². The van der Waals surface area contributed by atoms with Gasteiger partial charge in [0.2, 0.25) is 0 Å². The Kier molecular flexibility index (Phi) is 5.20. The third kappa shape index (κ3) is 3.92. The van der Waals surface area contributed by atoms with Crippen molar-refractivity contribution >= 4 is 5.91 Å². The number of benzene rings is 2. The maximum atomic E-state index is 12.4. The second kappa shape index (κ2) is 7.72. The predicted octanol–water partition coefficient (Wildman–Crippen LogP) is 2.50. The minimum atomic E-state index is -0.437. The minimum Gasteiger partial charge on any atom is -0.394 e. The van der Waals surface area contributed by atoms with Crippen LogP contribution >= 0.6 is 0 Å². The van der Waals surface area contributed by atoms with Crippen molar-refractivity contribution < 1.29 is 9.90 Å². The van der Waals surface area contributed by atoms with Gasteiger partial charge in [0.15, 0.2) is 5.82 Å². The largest absolute Gasteiger partial charge is 0.394 e. The highest BCUT2D eigenvalue weighted by Crippen LogP contribution is 2.17. The van der Waals surface area contributed by atoms with Crippen molar-refractivity contribution in [1.29, 1.82) is 0 Å². The van der Waals surface area contributed by atoms with E-state index in [0.29, 0.717) is 11.4 Å². The van der Waals surface area contributed by atoms with E-state index in [1.807, 2.05) is 49.4 Å². The Labute approximate surface area is 145 Å². The number of carbonyl (C=O) groups is 1. The highest BCUT2D eigenvalue weighted by Gasteiger charge is 2.15. The summed E-state index contributed by atoms with van der Waals surface area (Å²) in [5, 5.41) is 19.4. The van der Waals surface area contributed by atoms with Gasteiger partial charge in [-0.2, -0.15) is 5.10 Å². The van der Waals surface area contributed by atoms with E-state index in [1.165, 1.54) is 0 Å². The van der Waals surface area contributed by atoms with Gasteiger partial charge in [0.05, 0.1) is 12.6 Å². The quantitative estimate of drug-likeness (QED) is 0.645. The first kappa shape index (κ1) is 16.9. The zero-order valence-electron chi connectivity index (χ0n) is 13.9. The molecule has 0 saturated heterocycles. The average molecular weight is 336 g/mol. The van der Waals surface area contributed by atoms with Crippen LogP contribution in [0.2, 0.25) is 0 Å². The van der Waals surface area contributed by atoms with Crippen molar-refractivity contribution in [3.8, 4) is 11.4 Å². The number of aliphatic hydroxyl groups is 1. The fraction of sp³-hybridized carbons (Fsp3) is 0.211. The summed E-state index contributed by atoms with van der Waals surface area (Å²) in [5.74, 6) is 1.20. The smallest absolute Gasteiger partial charge is 0.251 e. The predicted molar refractivity (Wildman–Crippen MR) is 94.9 cm³/mol. The molecule has 3 aromatic rings. The molecule has 25 heavy (non-hydrogen) atoms. The molecule has 1 aromatic heterocycles. The molecule has 128 valence electrons. The number of hydrogen-bond donors (Lipinski definition) is 3. The molecule has 1 heterocycles. The van der Waals surface area contributed by atoms with Crippen LogP contribution in [0.1, 0.15) is 34.7 Å². The molecule has 3 rings (SSSR count). The van der Waals surface area contributed by atoms with Crippen LogP contribution in [0.5, 0.6) is 0 Å². The molecule has 0 fully saturated rings. The van der Waals surface area contributed by atoms with Crippen LogP contribution in [0, 0.1) is 0 Å². The normalized spacial score (nSPS) is 11.9. The monoisotopic (exact) mass is 336 g/mol. The molecule has 0 saturated carbocycles. The van der Waals surface area contributed by atoms with Crippen molar-refractivity contribution in [2.24, 2.45) is 0 Å². The Balaban J connectivity index is 1.72. The number of nitrogens with one attached hydrogen (secondary N) is 2. The maximum absolute atomic E-state index is 12.4. The number of amides is 1. The second-order valence-corrected chi connectivity index (χ2v) is 5.66. The molecule has 1 atom stereocenters. The molecule has 0 aliphatic carbocycles. The van der Waals surface area contributed by atoms with E-state index in [1.54, 1.807) is 12.1 Å². The van der Waals surface area contributed by atoms with Crippen LogP contribution in [0.4, 0.5) is 0 Å². The maximum Gasteiger partial charge on any atom is 0.251 e. The summed E-state index contributed by atoms with van der Waals surface area (Å²) >= 11 is 0. The van der Waals surface area contributed by atoms with Crippen LogP contribution in [0.25, 0.3) is 11.4 Å². The molecule has 0 aliphatic heterocycles. The standard InChI is InChI=1S/C19H20N4O2/c1-2-17-21-18(23-22-17)14-8-10-15(11-9-14)19(25)20-16(12-24)13-6-4-3-5-7-13/h3-11,16,24H,2,12H2,1H3,(H,20,25)(H,21,22,23). The Morgan fingerprint density at radius 1 is 1.16 bits per heavy atom. The number of aromatic amines is 1. The van der Waals surface area contributed by atoms with Gasteiger partial charge in [0.1, 0.15) is 5.82 Å². The van der Waals surface area contributed by atoms with Gasteiger partial charge in [-0.15, -0.1) is 0 Å². The van der Waals surface area contributed by atoms with Crippen LogP contribution in [-0.2, 0) is 6.42 Å². The molecule has 0 spiro atoms. The number of aliphatic hydroxyl groups excluding tert-OH is 1. The SMILES string of the molecule is CCc1nc(-c2ccc(C(=O)NC(CO)c3ccccc3)cc2)n[nH]1. The van der Waals surface area contributed by atoms with Crippen molar-refractivity contribution in [3.05, 3.63) is 71.5 Å². The van der Waals surface area contributed by atoms with E-state index in [9.17, 15) is 9.90 Å². The van der Waals surface area contributed by atoms with Crippen molar-refractivity contribution in [2.75, 3.05) is 6.61 Å². The van der Waals surface area contributed by atoms with Crippen LogP contribution < -0.4 is 5.32 Å². The number of nitrogens with zero attached hydrogens (tertiary/aromatic N) is 2. The topological polar surface area (TPSA) is 90.9 Å². The number of rotatable bonds is 6. The fourth-order valence-electron chi connectivity index (χ4n) is 2.51. The zero-order chi connectivity index (χ0) is 17.6. The number of H-pyrrole nitrogens is 1. The second-order valence-electron chi connectivity index (χ2n) is 5.66. The molecule has 2 aromatic carbocycles. The summed E-state index contributed by atoms with van der Waals surface area (Å²) in [6.45, 7) is 1.84. The minimum absolute atomic E-state index is 0.162. The average Bonchev–Trinajstić information content (AvgIpc) is 3.16. The van der Waals surface area contributed by atoms with Gasteiger partial charge in [-0.05, 0) is 17.7 Å². The molecule has 1 amide bonds. The van der Waals surface area contributed by atoms with Crippen molar-refractivity contribution in [2.45, 2.75) is 19.4 Å². The summed E-state index contributed by atoms with van der Waals surface area (Å²) in [4.78, 5) is 16.8. The third-order valence-corrected chi connectivity index (χ3v) is 3.96. The first-order valence-corrected chi connectivity index (χ1v) is 8.19. The highest BCUT2D eigenvalue weighted by atomic mass is 16.3. The van der Waals surface area contributed by atoms with Crippen LogP contribution in [-0.4, -0.2) is 32.8 Å². The van der Waals surface area contributed by atoms with Gasteiger partial charge in [0, 0.05) is 17.5 Å². The number of aryl methyl sites for hydroxylation is 1. The van der Waals surface area contributed by atoms with Crippen molar-refractivity contribution in [3.63, 3.8) is 0 Å². The fourth-order valence-corrected chi connectivity index (χ4v) is 2.51. The first-order chi connectivity index (χ1) is 12.2. The van der Waals surface area contributed by atoms with Crippen LogP contribution in [0.15, 0.2) is 54.6 Å². The lowest BCUT2D eigenvalue weighted by Gasteiger charge is -2.16. The van der Waals surface area contributed by atoms with Gasteiger partial charge >= 0.3 is 0 Å². The number of carbonyl (C=O) groups excluding carboxylic acids is 1. The van der Waals surface area contributed by atoms with Gasteiger partial charge < -0.3 is 10.4 Å². The van der Waals surface area contributed by atoms with Crippen molar-refractivity contribution in [1.82, 2.24) is 20.5 Å². The molecular weight excluding hydrogens is 316 g/mol. The molecular formula is C19H20N4O2. The Bertz CT molecular complexity index is 828. The molecule has 0 aliphatic rings. The number of hydrogen-bond acceptors (Lipinski definition) is 4. The molecule has 0 radical (unpaired) electrons. The summed E-state index contributed by atoms with van der Waals surface area (Å²) < 4.78 is 0. The number of aromatic nitrogens is 3. The van der Waals surface area contributed by atoms with Gasteiger partial charge in [-0.3, -0.25) is 9.89 Å².